The molecule has 2 aliphatic rings. The summed E-state index contributed by atoms with van der Waals surface area (Å²) in [5.41, 5.74) is 0.676. The first-order valence-electron chi connectivity index (χ1n) is 6.92. The van der Waals surface area contributed by atoms with E-state index in [1.54, 1.807) is 12.1 Å². The smallest absolute Gasteiger partial charge is 0.256 e. The van der Waals surface area contributed by atoms with E-state index < -0.39 is 6.10 Å². The van der Waals surface area contributed by atoms with Gasteiger partial charge in [0.15, 0.2) is 6.10 Å². The first-order valence-corrected chi connectivity index (χ1v) is 6.92. The molecule has 2 N–H and O–H groups in total. The lowest BCUT2D eigenvalue weighted by atomic mass is 9.95. The summed E-state index contributed by atoms with van der Waals surface area (Å²) in [5.74, 6) is 0.918. The van der Waals surface area contributed by atoms with Crippen LogP contribution in [-0.4, -0.2) is 41.6 Å². The van der Waals surface area contributed by atoms with Crippen molar-refractivity contribution < 1.29 is 9.90 Å². The summed E-state index contributed by atoms with van der Waals surface area (Å²) in [4.78, 5) is 14.3. The van der Waals surface area contributed by atoms with Gasteiger partial charge < -0.3 is 15.3 Å². The van der Waals surface area contributed by atoms with Crippen LogP contribution in [0.5, 0.6) is 0 Å². The molecule has 1 amide bonds. The van der Waals surface area contributed by atoms with E-state index in [1.807, 2.05) is 23.1 Å². The molecule has 0 saturated carbocycles. The second-order valence-corrected chi connectivity index (χ2v) is 5.63. The third-order valence-electron chi connectivity index (χ3n) is 4.57. The molecule has 2 heterocycles. The summed E-state index contributed by atoms with van der Waals surface area (Å²) in [6.45, 7) is 4.83. The van der Waals surface area contributed by atoms with E-state index in [-0.39, 0.29) is 11.9 Å². The van der Waals surface area contributed by atoms with Gasteiger partial charge in [0.2, 0.25) is 0 Å². The van der Waals surface area contributed by atoms with Gasteiger partial charge in [-0.25, -0.2) is 0 Å². The first-order chi connectivity index (χ1) is 9.18. The van der Waals surface area contributed by atoms with Gasteiger partial charge in [-0.05, 0) is 24.3 Å². The number of aliphatic hydroxyl groups is 1. The highest BCUT2D eigenvalue weighted by Crippen LogP contribution is 2.34. The second kappa shape index (κ2) is 4.94. The quantitative estimate of drug-likeness (QED) is 0.826. The van der Waals surface area contributed by atoms with Gasteiger partial charge in [0.05, 0.1) is 0 Å². The van der Waals surface area contributed by atoms with Crippen molar-refractivity contribution in [3.05, 3.63) is 35.9 Å². The minimum absolute atomic E-state index is 0.159. The Labute approximate surface area is 113 Å². The van der Waals surface area contributed by atoms with Crippen LogP contribution in [0.3, 0.4) is 0 Å². The number of rotatable bonds is 2. The van der Waals surface area contributed by atoms with Gasteiger partial charge >= 0.3 is 0 Å². The van der Waals surface area contributed by atoms with E-state index in [9.17, 15) is 9.90 Å². The summed E-state index contributed by atoms with van der Waals surface area (Å²) < 4.78 is 0. The number of nitrogens with zero attached hydrogens (tertiary/aromatic N) is 1. The van der Waals surface area contributed by atoms with Gasteiger partial charge in [0, 0.05) is 25.7 Å². The fourth-order valence-electron chi connectivity index (χ4n) is 3.39. The molecule has 1 aromatic rings. The standard InChI is InChI=1S/C15H20N2O2/c1-10-13-8-16-7-12(13)9-17(10)15(19)14(18)11-5-3-2-4-6-11/h2-6,10,12-14,16,18H,7-9H2,1H3. The minimum atomic E-state index is -1.03. The molecular weight excluding hydrogens is 240 g/mol. The van der Waals surface area contributed by atoms with E-state index in [4.69, 9.17) is 0 Å². The maximum absolute atomic E-state index is 12.4. The molecule has 0 spiro atoms. The maximum atomic E-state index is 12.4. The number of likely N-dealkylation sites (tertiary alicyclic amines) is 1. The van der Waals surface area contributed by atoms with Crippen LogP contribution in [0.1, 0.15) is 18.6 Å². The number of benzene rings is 1. The SMILES string of the molecule is CC1C2CNCC2CN1C(=O)C(O)c1ccccc1. The van der Waals surface area contributed by atoms with Gasteiger partial charge in [-0.15, -0.1) is 0 Å². The Kier molecular flexibility index (Phi) is 3.29. The molecule has 4 heteroatoms. The fraction of sp³-hybridized carbons (Fsp3) is 0.533. The molecule has 0 bridgehead atoms. The molecule has 0 aliphatic carbocycles. The minimum Gasteiger partial charge on any atom is -0.378 e. The van der Waals surface area contributed by atoms with Crippen LogP contribution >= 0.6 is 0 Å². The molecule has 4 atom stereocenters. The molecule has 0 radical (unpaired) electrons. The Balaban J connectivity index is 1.74. The third kappa shape index (κ3) is 2.15. The van der Waals surface area contributed by atoms with E-state index >= 15 is 0 Å². The molecule has 2 aliphatic heterocycles. The molecular formula is C15H20N2O2. The Morgan fingerprint density at radius 2 is 2.11 bits per heavy atom. The van der Waals surface area contributed by atoms with Gasteiger partial charge in [0.25, 0.3) is 5.91 Å². The molecule has 19 heavy (non-hydrogen) atoms. The summed E-state index contributed by atoms with van der Waals surface area (Å²) in [5, 5.41) is 13.6. The Morgan fingerprint density at radius 1 is 1.37 bits per heavy atom. The number of amides is 1. The normalized spacial score (nSPS) is 31.3. The van der Waals surface area contributed by atoms with Crippen LogP contribution in [0.15, 0.2) is 30.3 Å². The lowest BCUT2D eigenvalue weighted by Gasteiger charge is -2.27. The number of nitrogens with one attached hydrogen (secondary N) is 1. The molecule has 102 valence electrons. The topological polar surface area (TPSA) is 52.6 Å². The summed E-state index contributed by atoms with van der Waals surface area (Å²) in [6.07, 6.45) is -1.03. The number of aliphatic hydroxyl groups excluding tert-OH is 1. The summed E-state index contributed by atoms with van der Waals surface area (Å²) >= 11 is 0. The van der Waals surface area contributed by atoms with Crippen molar-refractivity contribution in [2.45, 2.75) is 19.1 Å². The van der Waals surface area contributed by atoms with Crippen LogP contribution in [-0.2, 0) is 4.79 Å². The average Bonchev–Trinajstić information content (AvgIpc) is 3.02. The van der Waals surface area contributed by atoms with Crippen molar-refractivity contribution in [1.82, 2.24) is 10.2 Å². The van der Waals surface area contributed by atoms with Crippen molar-refractivity contribution in [2.24, 2.45) is 11.8 Å². The number of fused-ring (bicyclic) bond motifs is 1. The molecule has 0 aromatic heterocycles. The Hall–Kier alpha value is -1.39. The summed E-state index contributed by atoms with van der Waals surface area (Å²) in [7, 11) is 0. The van der Waals surface area contributed by atoms with Crippen molar-refractivity contribution in [2.75, 3.05) is 19.6 Å². The van der Waals surface area contributed by atoms with Gasteiger partial charge in [0.1, 0.15) is 0 Å². The maximum Gasteiger partial charge on any atom is 0.256 e. The number of hydrogen-bond donors (Lipinski definition) is 2. The van der Waals surface area contributed by atoms with Crippen molar-refractivity contribution >= 4 is 5.91 Å². The van der Waals surface area contributed by atoms with Crippen LogP contribution in [0.25, 0.3) is 0 Å². The highest BCUT2D eigenvalue weighted by atomic mass is 16.3. The van der Waals surface area contributed by atoms with Crippen molar-refractivity contribution in [3.63, 3.8) is 0 Å². The number of carbonyl (C=O) groups excluding carboxylic acids is 1. The Bertz CT molecular complexity index is 462. The lowest BCUT2D eigenvalue weighted by Crippen LogP contribution is -2.40. The van der Waals surface area contributed by atoms with Crippen LogP contribution in [0, 0.1) is 11.8 Å². The largest absolute Gasteiger partial charge is 0.378 e. The zero-order chi connectivity index (χ0) is 13.4. The van der Waals surface area contributed by atoms with Crippen LogP contribution in [0.4, 0.5) is 0 Å². The summed E-state index contributed by atoms with van der Waals surface area (Å²) in [6, 6.07) is 9.38. The van der Waals surface area contributed by atoms with E-state index in [2.05, 4.69) is 12.2 Å². The number of hydrogen-bond acceptors (Lipinski definition) is 3. The van der Waals surface area contributed by atoms with Gasteiger partial charge in [-0.3, -0.25) is 4.79 Å². The Morgan fingerprint density at radius 3 is 2.79 bits per heavy atom. The highest BCUT2D eigenvalue weighted by Gasteiger charge is 2.44. The predicted molar refractivity (Wildman–Crippen MR) is 72.4 cm³/mol. The molecule has 2 fully saturated rings. The zero-order valence-electron chi connectivity index (χ0n) is 11.1. The molecule has 2 saturated heterocycles. The van der Waals surface area contributed by atoms with Crippen LogP contribution < -0.4 is 5.32 Å². The van der Waals surface area contributed by atoms with Gasteiger partial charge in [-0.2, -0.15) is 0 Å². The highest BCUT2D eigenvalue weighted by molar-refractivity contribution is 5.82. The second-order valence-electron chi connectivity index (χ2n) is 5.63. The molecule has 4 nitrogen and oxygen atoms in total. The van der Waals surface area contributed by atoms with Gasteiger partial charge in [-0.1, -0.05) is 30.3 Å². The van der Waals surface area contributed by atoms with E-state index in [1.165, 1.54) is 0 Å². The zero-order valence-corrected chi connectivity index (χ0v) is 11.1. The van der Waals surface area contributed by atoms with E-state index in [0.29, 0.717) is 17.4 Å². The van der Waals surface area contributed by atoms with Crippen LogP contribution in [0.2, 0.25) is 0 Å². The average molecular weight is 260 g/mol. The first kappa shape index (κ1) is 12.6. The van der Waals surface area contributed by atoms with Crippen molar-refractivity contribution in [1.29, 1.82) is 0 Å². The van der Waals surface area contributed by atoms with Crippen molar-refractivity contribution in [3.8, 4) is 0 Å². The lowest BCUT2D eigenvalue weighted by molar-refractivity contribution is -0.141. The molecule has 4 unspecified atom stereocenters. The van der Waals surface area contributed by atoms with E-state index in [0.717, 1.165) is 19.6 Å². The molecule has 3 rings (SSSR count). The number of carbonyl (C=O) groups is 1. The predicted octanol–water partition coefficient (Wildman–Crippen LogP) is 0.786. The molecule has 1 aromatic carbocycles. The fourth-order valence-corrected chi connectivity index (χ4v) is 3.39. The third-order valence-corrected chi connectivity index (χ3v) is 4.57. The monoisotopic (exact) mass is 260 g/mol.